The molecule has 34 heavy (non-hydrogen) atoms. The van der Waals surface area contributed by atoms with Crippen molar-refractivity contribution >= 4 is 22.9 Å². The van der Waals surface area contributed by atoms with E-state index in [2.05, 4.69) is 19.4 Å². The number of nitrogens with zero attached hydrogens (tertiary/aromatic N) is 5. The van der Waals surface area contributed by atoms with Crippen LogP contribution < -0.4 is 5.73 Å². The number of hydrogen-bond donors (Lipinski definition) is 1. The summed E-state index contributed by atoms with van der Waals surface area (Å²) in [5.74, 6) is 0.506. The Morgan fingerprint density at radius 1 is 1.18 bits per heavy atom. The number of nitrogens with two attached hydrogens (primary N) is 1. The molecule has 9 heteroatoms. The van der Waals surface area contributed by atoms with E-state index in [1.807, 2.05) is 37.9 Å². The van der Waals surface area contributed by atoms with Crippen LogP contribution in [0.2, 0.25) is 0 Å². The Balaban J connectivity index is 1.22. The van der Waals surface area contributed by atoms with E-state index < -0.39 is 5.60 Å². The minimum Gasteiger partial charge on any atom is -0.444 e. The van der Waals surface area contributed by atoms with Crippen molar-refractivity contribution in [1.29, 1.82) is 0 Å². The molecule has 3 fully saturated rings. The first kappa shape index (κ1) is 23.4. The number of carbonyl (C=O) groups excluding carboxylic acids is 1. The Morgan fingerprint density at radius 2 is 1.97 bits per heavy atom. The predicted octanol–water partition coefficient (Wildman–Crippen LogP) is 3.95. The molecule has 1 spiro atoms. The Labute approximate surface area is 201 Å². The molecule has 186 valence electrons. The van der Waals surface area contributed by atoms with Crippen molar-refractivity contribution in [2.45, 2.75) is 89.2 Å². The largest absolute Gasteiger partial charge is 0.444 e. The number of anilines is 1. The Hall–Kier alpha value is -2.39. The Morgan fingerprint density at radius 3 is 2.74 bits per heavy atom. The van der Waals surface area contributed by atoms with Crippen LogP contribution in [0.4, 0.5) is 10.6 Å². The van der Waals surface area contributed by atoms with Gasteiger partial charge in [-0.15, -0.1) is 0 Å². The molecular weight excluding hydrogens is 432 g/mol. The van der Waals surface area contributed by atoms with Gasteiger partial charge in [-0.3, -0.25) is 4.90 Å². The SMILES string of the molecule is CC(C)(C)OC(=O)N1CCC2(CCCCN2C[C@@H]2CC[C@H](n3ccc4c(N)ncnc43)O2)CC1. The van der Waals surface area contributed by atoms with Crippen LogP contribution in [-0.2, 0) is 9.47 Å². The molecule has 0 saturated carbocycles. The molecule has 0 aromatic carbocycles. The number of hydrogen-bond acceptors (Lipinski definition) is 7. The molecule has 0 unspecified atom stereocenters. The topological polar surface area (TPSA) is 98.7 Å². The summed E-state index contributed by atoms with van der Waals surface area (Å²) in [6, 6.07) is 1.97. The summed E-state index contributed by atoms with van der Waals surface area (Å²) in [5.41, 5.74) is 6.56. The van der Waals surface area contributed by atoms with Crippen LogP contribution in [0.25, 0.3) is 11.0 Å². The van der Waals surface area contributed by atoms with Gasteiger partial charge >= 0.3 is 6.09 Å². The molecule has 9 nitrogen and oxygen atoms in total. The van der Waals surface area contributed by atoms with Crippen molar-refractivity contribution in [2.75, 3.05) is 31.9 Å². The van der Waals surface area contributed by atoms with E-state index in [4.69, 9.17) is 15.2 Å². The van der Waals surface area contributed by atoms with Gasteiger partial charge in [0.2, 0.25) is 0 Å². The number of fused-ring (bicyclic) bond motifs is 1. The lowest BCUT2D eigenvalue weighted by atomic mass is 9.78. The van der Waals surface area contributed by atoms with Crippen LogP contribution >= 0.6 is 0 Å². The second-order valence-electron chi connectivity index (χ2n) is 11.1. The molecule has 2 aromatic rings. The minimum absolute atomic E-state index is 0.0217. The standard InChI is InChI=1S/C25H38N6O3/c1-24(2,3)34-23(32)29-14-10-25(11-15-29)9-4-5-12-30(25)16-18-6-7-20(33-18)31-13-8-19-21(26)27-17-28-22(19)31/h8,13,17-18,20H,4-7,9-12,14-16H2,1-3H3,(H2,26,27,28)/t18-,20+/m0/s1. The van der Waals surface area contributed by atoms with Gasteiger partial charge < -0.3 is 24.7 Å². The average Bonchev–Trinajstić information content (AvgIpc) is 3.42. The molecule has 2 atom stereocenters. The quantitative estimate of drug-likeness (QED) is 0.725. The highest BCUT2D eigenvalue weighted by atomic mass is 16.6. The number of nitrogen functional groups attached to an aromatic ring is 1. The first-order valence-electron chi connectivity index (χ1n) is 12.7. The highest BCUT2D eigenvalue weighted by molar-refractivity contribution is 5.86. The average molecular weight is 471 g/mol. The van der Waals surface area contributed by atoms with Gasteiger partial charge in [0.1, 0.15) is 29.6 Å². The normalized spacial score (nSPS) is 25.8. The Kier molecular flexibility index (Phi) is 6.18. The van der Waals surface area contributed by atoms with E-state index in [9.17, 15) is 4.79 Å². The van der Waals surface area contributed by atoms with Gasteiger partial charge in [0.25, 0.3) is 0 Å². The molecule has 5 heterocycles. The monoisotopic (exact) mass is 470 g/mol. The smallest absolute Gasteiger partial charge is 0.410 e. The van der Waals surface area contributed by atoms with Crippen molar-refractivity contribution in [3.8, 4) is 0 Å². The lowest BCUT2D eigenvalue weighted by Crippen LogP contribution is -2.59. The summed E-state index contributed by atoms with van der Waals surface area (Å²) < 4.78 is 14.2. The van der Waals surface area contributed by atoms with Gasteiger partial charge in [0.15, 0.2) is 0 Å². The van der Waals surface area contributed by atoms with Gasteiger partial charge in [0.05, 0.1) is 11.5 Å². The van der Waals surface area contributed by atoms with E-state index in [0.717, 1.165) is 62.9 Å². The van der Waals surface area contributed by atoms with Crippen LogP contribution in [0.5, 0.6) is 0 Å². The summed E-state index contributed by atoms with van der Waals surface area (Å²) >= 11 is 0. The highest BCUT2D eigenvalue weighted by Crippen LogP contribution is 2.40. The van der Waals surface area contributed by atoms with Gasteiger partial charge in [-0.2, -0.15) is 0 Å². The number of piperidine rings is 2. The molecule has 5 rings (SSSR count). The van der Waals surface area contributed by atoms with Gasteiger partial charge in [-0.1, -0.05) is 6.42 Å². The number of rotatable bonds is 3. The zero-order valence-electron chi connectivity index (χ0n) is 20.7. The molecular formula is C25H38N6O3. The number of carbonyl (C=O) groups is 1. The molecule has 3 saturated heterocycles. The number of likely N-dealkylation sites (tertiary alicyclic amines) is 2. The van der Waals surface area contributed by atoms with E-state index in [1.54, 1.807) is 0 Å². The van der Waals surface area contributed by atoms with E-state index in [1.165, 1.54) is 25.6 Å². The second-order valence-corrected chi connectivity index (χ2v) is 11.1. The minimum atomic E-state index is -0.456. The third-order valence-corrected chi connectivity index (χ3v) is 7.70. The number of aromatic nitrogens is 3. The third-order valence-electron chi connectivity index (χ3n) is 7.70. The summed E-state index contributed by atoms with van der Waals surface area (Å²) in [4.78, 5) is 25.6. The van der Waals surface area contributed by atoms with Crippen LogP contribution in [0.3, 0.4) is 0 Å². The highest BCUT2D eigenvalue weighted by Gasteiger charge is 2.44. The zero-order chi connectivity index (χ0) is 23.9. The fraction of sp³-hybridized carbons (Fsp3) is 0.720. The summed E-state index contributed by atoms with van der Waals surface area (Å²) in [6.07, 6.45) is 11.2. The molecule has 1 amide bonds. The van der Waals surface area contributed by atoms with Crippen molar-refractivity contribution in [2.24, 2.45) is 0 Å². The Bertz CT molecular complexity index is 1020. The van der Waals surface area contributed by atoms with Crippen LogP contribution in [0, 0.1) is 0 Å². The number of amides is 1. The fourth-order valence-electron chi connectivity index (χ4n) is 5.93. The molecule has 0 bridgehead atoms. The maximum absolute atomic E-state index is 12.6. The predicted molar refractivity (Wildman–Crippen MR) is 130 cm³/mol. The van der Waals surface area contributed by atoms with Crippen molar-refractivity contribution in [3.05, 3.63) is 18.6 Å². The lowest BCUT2D eigenvalue weighted by Gasteiger charge is -2.52. The van der Waals surface area contributed by atoms with Crippen molar-refractivity contribution in [3.63, 3.8) is 0 Å². The van der Waals surface area contributed by atoms with Gasteiger partial charge in [0, 0.05) is 31.4 Å². The van der Waals surface area contributed by atoms with Crippen LogP contribution in [0.1, 0.15) is 71.9 Å². The lowest BCUT2D eigenvalue weighted by molar-refractivity contribution is -0.0618. The summed E-state index contributed by atoms with van der Waals surface area (Å²) in [6.45, 7) is 9.34. The zero-order valence-corrected chi connectivity index (χ0v) is 20.7. The molecule has 3 aliphatic heterocycles. The maximum atomic E-state index is 12.6. The fourth-order valence-corrected chi connectivity index (χ4v) is 5.93. The number of ether oxygens (including phenoxy) is 2. The molecule has 2 N–H and O–H groups in total. The maximum Gasteiger partial charge on any atom is 0.410 e. The van der Waals surface area contributed by atoms with E-state index >= 15 is 0 Å². The van der Waals surface area contributed by atoms with Crippen molar-refractivity contribution < 1.29 is 14.3 Å². The van der Waals surface area contributed by atoms with Gasteiger partial charge in [-0.05, 0) is 71.9 Å². The first-order chi connectivity index (χ1) is 16.2. The molecule has 0 radical (unpaired) electrons. The second kappa shape index (κ2) is 9.00. The van der Waals surface area contributed by atoms with Crippen molar-refractivity contribution in [1.82, 2.24) is 24.3 Å². The molecule has 0 aliphatic carbocycles. The third kappa shape index (κ3) is 4.60. The summed E-state index contributed by atoms with van der Waals surface area (Å²) in [7, 11) is 0. The van der Waals surface area contributed by atoms with E-state index in [-0.39, 0.29) is 24.0 Å². The molecule has 2 aromatic heterocycles. The van der Waals surface area contributed by atoms with Gasteiger partial charge in [-0.25, -0.2) is 14.8 Å². The van der Waals surface area contributed by atoms with Crippen LogP contribution in [0.15, 0.2) is 18.6 Å². The van der Waals surface area contributed by atoms with E-state index in [0.29, 0.717) is 5.82 Å². The summed E-state index contributed by atoms with van der Waals surface area (Å²) in [5, 5.41) is 0.876. The molecule has 3 aliphatic rings. The first-order valence-corrected chi connectivity index (χ1v) is 12.7. The van der Waals surface area contributed by atoms with Crippen LogP contribution in [-0.4, -0.2) is 73.9 Å².